The number of fused-ring (bicyclic) bond motifs is 2. The van der Waals surface area contributed by atoms with Gasteiger partial charge in [0.25, 0.3) is 0 Å². The van der Waals surface area contributed by atoms with E-state index in [4.69, 9.17) is 18.6 Å². The number of rotatable bonds is 2. The summed E-state index contributed by atoms with van der Waals surface area (Å²) in [7, 11) is 0. The van der Waals surface area contributed by atoms with Crippen molar-refractivity contribution < 1.29 is 4.39 Å². The van der Waals surface area contributed by atoms with Crippen LogP contribution < -0.4 is 10.6 Å². The second-order valence-corrected chi connectivity index (χ2v) is 7.14. The van der Waals surface area contributed by atoms with Crippen LogP contribution in [0, 0.1) is 22.9 Å². The molecule has 6 nitrogen and oxygen atoms in total. The zero-order chi connectivity index (χ0) is 17.7. The monoisotopic (exact) mass is 376 g/mol. The molecule has 25 heavy (non-hydrogen) atoms. The second kappa shape index (κ2) is 5.82. The summed E-state index contributed by atoms with van der Waals surface area (Å²) in [5.74, 6) is 1.82. The van der Waals surface area contributed by atoms with Gasteiger partial charge in [0.05, 0.1) is 22.4 Å². The van der Waals surface area contributed by atoms with E-state index < -0.39 is 5.82 Å². The average molecular weight is 376 g/mol. The quantitative estimate of drug-likeness (QED) is 0.509. The van der Waals surface area contributed by atoms with Crippen molar-refractivity contribution in [1.29, 1.82) is 0 Å². The Bertz CT molecular complexity index is 1180. The van der Waals surface area contributed by atoms with Crippen LogP contribution in [0.2, 0.25) is 0 Å². The Kier molecular flexibility index (Phi) is 3.74. The van der Waals surface area contributed by atoms with Crippen molar-refractivity contribution in [3.05, 3.63) is 42.9 Å². The smallest absolute Gasteiger partial charge is 0.287 e. The lowest BCUT2D eigenvalue weighted by atomic mass is 10.2. The van der Waals surface area contributed by atoms with Gasteiger partial charge < -0.3 is 0 Å². The third kappa shape index (κ3) is 2.33. The molecule has 0 atom stereocenters. The van der Waals surface area contributed by atoms with Crippen LogP contribution >= 0.6 is 23.6 Å². The van der Waals surface area contributed by atoms with Crippen molar-refractivity contribution in [1.82, 2.24) is 18.5 Å². The van der Waals surface area contributed by atoms with Crippen LogP contribution in [0.4, 0.5) is 4.39 Å². The average Bonchev–Trinajstić information content (AvgIpc) is 3.03. The molecule has 3 aromatic rings. The number of terminal acetylenes is 1. The number of benzene rings is 1. The molecule has 0 radical (unpaired) electrons. The van der Waals surface area contributed by atoms with Crippen LogP contribution in [-0.4, -0.2) is 18.5 Å². The summed E-state index contributed by atoms with van der Waals surface area (Å²) in [5.41, 5.74) is 0.171. The molecule has 0 saturated heterocycles. The van der Waals surface area contributed by atoms with Gasteiger partial charge in [0.15, 0.2) is 0 Å². The van der Waals surface area contributed by atoms with Gasteiger partial charge in [-0.1, -0.05) is 17.3 Å². The number of halogens is 1. The number of aromatic nitrogens is 4. The first kappa shape index (κ1) is 16.1. The van der Waals surface area contributed by atoms with Gasteiger partial charge in [-0.15, -0.1) is 6.42 Å². The van der Waals surface area contributed by atoms with E-state index in [0.29, 0.717) is 23.3 Å². The largest absolute Gasteiger partial charge is 0.349 e. The van der Waals surface area contributed by atoms with E-state index in [-0.39, 0.29) is 27.6 Å². The zero-order valence-electron chi connectivity index (χ0n) is 13.1. The molecule has 1 aromatic carbocycles. The highest BCUT2D eigenvalue weighted by atomic mass is 32.1. The van der Waals surface area contributed by atoms with Gasteiger partial charge in [0.2, 0.25) is 4.77 Å². The molecular formula is C16H13FN4O2S2. The molecule has 9 heteroatoms. The van der Waals surface area contributed by atoms with Crippen LogP contribution in [0.5, 0.6) is 0 Å². The summed E-state index contributed by atoms with van der Waals surface area (Å²) in [4.78, 5) is 24.5. The fourth-order valence-corrected chi connectivity index (χ4v) is 4.43. The molecule has 0 amide bonds. The molecule has 1 aliphatic rings. The first-order valence-corrected chi connectivity index (χ1v) is 8.95. The molecule has 0 unspecified atom stereocenters. The van der Waals surface area contributed by atoms with Crippen LogP contribution in [0.25, 0.3) is 15.9 Å². The minimum Gasteiger partial charge on any atom is -0.287 e. The minimum absolute atomic E-state index is 0.0421. The van der Waals surface area contributed by atoms with Crippen molar-refractivity contribution in [2.75, 3.05) is 0 Å². The molecule has 0 N–H and O–H groups in total. The summed E-state index contributed by atoms with van der Waals surface area (Å²) < 4.78 is 21.2. The predicted octanol–water partition coefficient (Wildman–Crippen LogP) is 2.11. The highest BCUT2D eigenvalue weighted by Crippen LogP contribution is 2.24. The fourth-order valence-electron chi connectivity index (χ4n) is 3.17. The maximum absolute atomic E-state index is 14.7. The SMILES string of the molecule is C#CCn1c(=O)sc2cc(F)c(-n3c(=O)n4n(c3=S)CCCC4)cc21. The molecule has 2 aromatic heterocycles. The zero-order valence-corrected chi connectivity index (χ0v) is 14.7. The highest BCUT2D eigenvalue weighted by molar-refractivity contribution is 7.71. The predicted molar refractivity (Wildman–Crippen MR) is 96.5 cm³/mol. The van der Waals surface area contributed by atoms with E-state index in [1.165, 1.54) is 25.9 Å². The molecule has 0 bridgehead atoms. The summed E-state index contributed by atoms with van der Waals surface area (Å²) in [5, 5.41) is 0. The van der Waals surface area contributed by atoms with Crippen molar-refractivity contribution in [2.24, 2.45) is 0 Å². The number of thiazole rings is 1. The van der Waals surface area contributed by atoms with Gasteiger partial charge in [-0.3, -0.25) is 14.0 Å². The number of nitrogens with zero attached hydrogens (tertiary/aromatic N) is 4. The lowest BCUT2D eigenvalue weighted by Crippen LogP contribution is -2.29. The topological polar surface area (TPSA) is 53.9 Å². The van der Waals surface area contributed by atoms with E-state index in [1.807, 2.05) is 0 Å². The Hall–Kier alpha value is -2.44. The van der Waals surface area contributed by atoms with E-state index in [9.17, 15) is 14.0 Å². The standard InChI is InChI=1S/C16H13FN4O2S2/c1-2-5-18-12-9-11(10(17)8-13(12)25-16(18)23)21-14(22)19-6-3-4-7-20(19)15(21)24/h1,8-9H,3-7H2. The molecule has 0 spiro atoms. The van der Waals surface area contributed by atoms with Crippen LogP contribution in [-0.2, 0) is 19.6 Å². The van der Waals surface area contributed by atoms with Gasteiger partial charge in [-0.05, 0) is 37.2 Å². The molecule has 0 fully saturated rings. The van der Waals surface area contributed by atoms with E-state index >= 15 is 0 Å². The Morgan fingerprint density at radius 2 is 1.96 bits per heavy atom. The van der Waals surface area contributed by atoms with Gasteiger partial charge in [0.1, 0.15) is 5.82 Å². The summed E-state index contributed by atoms with van der Waals surface area (Å²) in [6.07, 6.45) is 7.12. The third-order valence-corrected chi connectivity index (χ3v) is 5.67. The maximum Gasteiger partial charge on any atom is 0.349 e. The van der Waals surface area contributed by atoms with Crippen molar-refractivity contribution >= 4 is 33.8 Å². The third-order valence-electron chi connectivity index (χ3n) is 4.33. The molecule has 3 heterocycles. The molecule has 4 rings (SSSR count). The summed E-state index contributed by atoms with van der Waals surface area (Å²) >= 11 is 6.31. The maximum atomic E-state index is 14.7. The summed E-state index contributed by atoms with van der Waals surface area (Å²) in [6, 6.07) is 2.73. The molecule has 128 valence electrons. The van der Waals surface area contributed by atoms with Crippen molar-refractivity contribution in [3.63, 3.8) is 0 Å². The Labute approximate surface area is 150 Å². The highest BCUT2D eigenvalue weighted by Gasteiger charge is 2.21. The van der Waals surface area contributed by atoms with Crippen LogP contribution in [0.1, 0.15) is 12.8 Å². The normalized spacial score (nSPS) is 13.8. The van der Waals surface area contributed by atoms with Crippen molar-refractivity contribution in [3.8, 4) is 18.0 Å². The van der Waals surface area contributed by atoms with Gasteiger partial charge >= 0.3 is 10.6 Å². The molecule has 0 saturated carbocycles. The first-order chi connectivity index (χ1) is 12.0. The van der Waals surface area contributed by atoms with E-state index in [1.54, 1.807) is 4.68 Å². The number of hydrogen-bond acceptors (Lipinski definition) is 4. The fraction of sp³-hybridized carbons (Fsp3) is 0.312. The molecule has 0 aliphatic carbocycles. The minimum atomic E-state index is -0.599. The molecular weight excluding hydrogens is 363 g/mol. The first-order valence-electron chi connectivity index (χ1n) is 7.72. The number of hydrogen-bond donors (Lipinski definition) is 0. The Morgan fingerprint density at radius 3 is 2.64 bits per heavy atom. The van der Waals surface area contributed by atoms with Gasteiger partial charge in [-0.2, -0.15) is 0 Å². The lowest BCUT2D eigenvalue weighted by molar-refractivity contribution is 0.352. The Morgan fingerprint density at radius 1 is 1.24 bits per heavy atom. The van der Waals surface area contributed by atoms with Crippen LogP contribution in [0.15, 0.2) is 21.7 Å². The summed E-state index contributed by atoms with van der Waals surface area (Å²) in [6.45, 7) is 1.27. The van der Waals surface area contributed by atoms with E-state index in [2.05, 4.69) is 5.92 Å². The Balaban J connectivity index is 2.04. The van der Waals surface area contributed by atoms with Gasteiger partial charge in [0, 0.05) is 13.1 Å². The van der Waals surface area contributed by atoms with Gasteiger partial charge in [-0.25, -0.2) is 18.4 Å². The second-order valence-electron chi connectivity index (χ2n) is 5.78. The lowest BCUT2D eigenvalue weighted by Gasteiger charge is -2.14. The molecule has 1 aliphatic heterocycles. The van der Waals surface area contributed by atoms with Crippen molar-refractivity contribution in [2.45, 2.75) is 32.5 Å². The van der Waals surface area contributed by atoms with Crippen LogP contribution in [0.3, 0.4) is 0 Å². The van der Waals surface area contributed by atoms with E-state index in [0.717, 1.165) is 24.2 Å².